The number of hydrogen-bond acceptors (Lipinski definition) is 4. The maximum absolute atomic E-state index is 12.1. The highest BCUT2D eigenvalue weighted by Gasteiger charge is 2.16. The monoisotopic (exact) mass is 363 g/mol. The molecule has 1 aliphatic heterocycles. The van der Waals surface area contributed by atoms with E-state index in [0.29, 0.717) is 32.1 Å². The molecule has 1 N–H and O–H groups in total. The fourth-order valence-corrected chi connectivity index (χ4v) is 3.01. The number of ether oxygens (including phenoxy) is 2. The first kappa shape index (κ1) is 17.3. The molecule has 0 bridgehead atoms. The van der Waals surface area contributed by atoms with Gasteiger partial charge in [0.15, 0.2) is 6.61 Å². The molecule has 0 unspecified atom stereocenters. The number of carbonyl (C=O) groups is 1. The molecule has 1 aromatic heterocycles. The number of nitrogens with one attached hydrogen (secondary N) is 1. The molecule has 0 spiro atoms. The van der Waals surface area contributed by atoms with Gasteiger partial charge in [0.05, 0.1) is 24.4 Å². The molecule has 1 fully saturated rings. The SMILES string of the molecule is O=C(COc1ccc(C=Cc2n[nH]c3ccccc23)cc1)N1CCOCC1. The van der Waals surface area contributed by atoms with Crippen LogP contribution in [0.15, 0.2) is 48.5 Å². The molecule has 0 radical (unpaired) electrons. The van der Waals surface area contributed by atoms with Gasteiger partial charge in [-0.3, -0.25) is 9.89 Å². The van der Waals surface area contributed by atoms with Crippen molar-refractivity contribution in [2.75, 3.05) is 32.9 Å². The van der Waals surface area contributed by atoms with E-state index in [1.54, 1.807) is 4.90 Å². The third-order valence-corrected chi connectivity index (χ3v) is 4.54. The number of para-hydroxylation sites is 1. The number of aromatic amines is 1. The minimum absolute atomic E-state index is 0.00678. The van der Waals surface area contributed by atoms with E-state index >= 15 is 0 Å². The third-order valence-electron chi connectivity index (χ3n) is 4.54. The van der Waals surface area contributed by atoms with Gasteiger partial charge in [0, 0.05) is 18.5 Å². The summed E-state index contributed by atoms with van der Waals surface area (Å²) in [5.74, 6) is 0.673. The molecule has 1 amide bonds. The van der Waals surface area contributed by atoms with Crippen molar-refractivity contribution >= 4 is 29.0 Å². The van der Waals surface area contributed by atoms with Crippen molar-refractivity contribution in [3.05, 3.63) is 59.8 Å². The number of carbonyl (C=O) groups excluding carboxylic acids is 1. The maximum Gasteiger partial charge on any atom is 0.260 e. The second kappa shape index (κ2) is 8.05. The van der Waals surface area contributed by atoms with Crippen LogP contribution in [0, 0.1) is 0 Å². The van der Waals surface area contributed by atoms with Crippen LogP contribution in [-0.2, 0) is 9.53 Å². The summed E-state index contributed by atoms with van der Waals surface area (Å²) < 4.78 is 10.9. The Morgan fingerprint density at radius 3 is 2.70 bits per heavy atom. The predicted molar refractivity (Wildman–Crippen MR) is 104 cm³/mol. The van der Waals surface area contributed by atoms with Crippen LogP contribution < -0.4 is 4.74 Å². The van der Waals surface area contributed by atoms with Crippen molar-refractivity contribution in [3.63, 3.8) is 0 Å². The standard InChI is InChI=1S/C21H21N3O3/c25-21(24-11-13-26-14-12-24)15-27-17-8-5-16(6-9-17)7-10-20-18-3-1-2-4-19(18)22-23-20/h1-10H,11-15H2,(H,22,23). The molecule has 0 aliphatic carbocycles. The molecule has 6 heteroatoms. The highest BCUT2D eigenvalue weighted by molar-refractivity contribution is 5.89. The topological polar surface area (TPSA) is 67.5 Å². The van der Waals surface area contributed by atoms with Crippen LogP contribution in [0.5, 0.6) is 5.75 Å². The average Bonchev–Trinajstić information content (AvgIpc) is 3.15. The number of benzene rings is 2. The molecular weight excluding hydrogens is 342 g/mol. The molecule has 27 heavy (non-hydrogen) atoms. The molecule has 3 aromatic rings. The second-order valence-electron chi connectivity index (χ2n) is 6.34. The van der Waals surface area contributed by atoms with Gasteiger partial charge in [-0.15, -0.1) is 0 Å². The van der Waals surface area contributed by atoms with Crippen LogP contribution in [0.4, 0.5) is 0 Å². The minimum Gasteiger partial charge on any atom is -0.484 e. The van der Waals surface area contributed by atoms with Crippen LogP contribution >= 0.6 is 0 Å². The van der Waals surface area contributed by atoms with Crippen LogP contribution in [0.1, 0.15) is 11.3 Å². The lowest BCUT2D eigenvalue weighted by atomic mass is 10.1. The highest BCUT2D eigenvalue weighted by Crippen LogP contribution is 2.19. The molecule has 1 aliphatic rings. The van der Waals surface area contributed by atoms with Crippen molar-refractivity contribution in [2.24, 2.45) is 0 Å². The summed E-state index contributed by atoms with van der Waals surface area (Å²) in [6.45, 7) is 2.51. The van der Waals surface area contributed by atoms with Gasteiger partial charge in [0.25, 0.3) is 5.91 Å². The molecule has 4 rings (SSSR count). The Morgan fingerprint density at radius 2 is 1.89 bits per heavy atom. The van der Waals surface area contributed by atoms with Gasteiger partial charge in [0.1, 0.15) is 5.75 Å². The first-order valence-electron chi connectivity index (χ1n) is 8.99. The van der Waals surface area contributed by atoms with Crippen molar-refractivity contribution in [2.45, 2.75) is 0 Å². The van der Waals surface area contributed by atoms with E-state index in [4.69, 9.17) is 9.47 Å². The molecule has 2 heterocycles. The van der Waals surface area contributed by atoms with E-state index < -0.39 is 0 Å². The maximum atomic E-state index is 12.1. The third kappa shape index (κ3) is 4.17. The zero-order valence-electron chi connectivity index (χ0n) is 14.9. The normalized spacial score (nSPS) is 14.7. The summed E-state index contributed by atoms with van der Waals surface area (Å²) in [5.41, 5.74) is 2.96. The van der Waals surface area contributed by atoms with Gasteiger partial charge in [-0.2, -0.15) is 5.10 Å². The fraction of sp³-hybridized carbons (Fsp3) is 0.238. The number of hydrogen-bond donors (Lipinski definition) is 1. The summed E-state index contributed by atoms with van der Waals surface area (Å²) >= 11 is 0. The second-order valence-corrected chi connectivity index (χ2v) is 6.34. The zero-order valence-corrected chi connectivity index (χ0v) is 14.9. The quantitative estimate of drug-likeness (QED) is 0.757. The Morgan fingerprint density at radius 1 is 1.11 bits per heavy atom. The van der Waals surface area contributed by atoms with E-state index in [0.717, 1.165) is 22.2 Å². The first-order valence-corrected chi connectivity index (χ1v) is 8.99. The lowest BCUT2D eigenvalue weighted by molar-refractivity contribution is -0.137. The lowest BCUT2D eigenvalue weighted by Gasteiger charge is -2.26. The van der Waals surface area contributed by atoms with Crippen LogP contribution in [0.3, 0.4) is 0 Å². The molecule has 6 nitrogen and oxygen atoms in total. The van der Waals surface area contributed by atoms with E-state index in [-0.39, 0.29) is 12.5 Å². The molecule has 0 atom stereocenters. The minimum atomic E-state index is -0.00678. The van der Waals surface area contributed by atoms with Gasteiger partial charge in [-0.05, 0) is 29.8 Å². The van der Waals surface area contributed by atoms with Gasteiger partial charge < -0.3 is 14.4 Å². The van der Waals surface area contributed by atoms with Crippen molar-refractivity contribution < 1.29 is 14.3 Å². The fourth-order valence-electron chi connectivity index (χ4n) is 3.01. The Balaban J connectivity index is 1.35. The number of morpholine rings is 1. The molecule has 2 aromatic carbocycles. The van der Waals surface area contributed by atoms with E-state index in [9.17, 15) is 4.79 Å². The van der Waals surface area contributed by atoms with Gasteiger partial charge >= 0.3 is 0 Å². The number of amides is 1. The number of aromatic nitrogens is 2. The summed E-state index contributed by atoms with van der Waals surface area (Å²) in [4.78, 5) is 13.9. The van der Waals surface area contributed by atoms with E-state index in [1.807, 2.05) is 60.7 Å². The molecule has 1 saturated heterocycles. The smallest absolute Gasteiger partial charge is 0.260 e. The lowest BCUT2D eigenvalue weighted by Crippen LogP contribution is -2.42. The zero-order chi connectivity index (χ0) is 18.5. The number of fused-ring (bicyclic) bond motifs is 1. The molecular formula is C21H21N3O3. The Hall–Kier alpha value is -3.12. The summed E-state index contributed by atoms with van der Waals surface area (Å²) in [5, 5.41) is 8.45. The Bertz CT molecular complexity index is 941. The largest absolute Gasteiger partial charge is 0.484 e. The van der Waals surface area contributed by atoms with Crippen molar-refractivity contribution in [3.8, 4) is 5.75 Å². The van der Waals surface area contributed by atoms with E-state index in [1.165, 1.54) is 0 Å². The van der Waals surface area contributed by atoms with Crippen LogP contribution in [0.25, 0.3) is 23.1 Å². The first-order chi connectivity index (χ1) is 13.3. The summed E-state index contributed by atoms with van der Waals surface area (Å²) in [7, 11) is 0. The number of H-pyrrole nitrogens is 1. The number of nitrogens with zero attached hydrogens (tertiary/aromatic N) is 2. The van der Waals surface area contributed by atoms with Gasteiger partial charge in [-0.25, -0.2) is 0 Å². The van der Waals surface area contributed by atoms with Gasteiger partial charge in [-0.1, -0.05) is 36.4 Å². The van der Waals surface area contributed by atoms with Crippen LogP contribution in [0.2, 0.25) is 0 Å². The molecule has 0 saturated carbocycles. The number of rotatable bonds is 5. The predicted octanol–water partition coefficient (Wildman–Crippen LogP) is 2.97. The highest BCUT2D eigenvalue weighted by atomic mass is 16.5. The summed E-state index contributed by atoms with van der Waals surface area (Å²) in [6, 6.07) is 15.7. The summed E-state index contributed by atoms with van der Waals surface area (Å²) in [6.07, 6.45) is 3.99. The Labute approximate surface area is 157 Å². The molecule has 138 valence electrons. The van der Waals surface area contributed by atoms with Gasteiger partial charge in [0.2, 0.25) is 0 Å². The van der Waals surface area contributed by atoms with E-state index in [2.05, 4.69) is 10.2 Å². The Kier molecular flexibility index (Phi) is 5.16. The van der Waals surface area contributed by atoms with Crippen molar-refractivity contribution in [1.29, 1.82) is 0 Å². The van der Waals surface area contributed by atoms with Crippen molar-refractivity contribution in [1.82, 2.24) is 15.1 Å². The van der Waals surface area contributed by atoms with Crippen LogP contribution in [-0.4, -0.2) is 53.9 Å². The average molecular weight is 363 g/mol.